The number of aromatic nitrogens is 4. The minimum absolute atomic E-state index is 0.531. The highest BCUT2D eigenvalue weighted by molar-refractivity contribution is 6.35. The molecule has 3 heterocycles. The zero-order valence-corrected chi connectivity index (χ0v) is 15.6. The van der Waals surface area contributed by atoms with Crippen LogP contribution in [0.1, 0.15) is 13.3 Å². The quantitative estimate of drug-likeness (QED) is 0.712. The number of rotatable bonds is 5. The average Bonchev–Trinajstić information content (AvgIpc) is 3.20. The number of nitrogens with one attached hydrogen (secondary N) is 1. The maximum atomic E-state index is 6.09. The topological polar surface area (TPSA) is 73.6 Å². The molecule has 0 saturated carbocycles. The summed E-state index contributed by atoms with van der Waals surface area (Å²) in [5, 5.41) is 17.3. The van der Waals surface area contributed by atoms with Crippen LogP contribution in [0.4, 0.5) is 5.82 Å². The van der Waals surface area contributed by atoms with E-state index in [-0.39, 0.29) is 0 Å². The van der Waals surface area contributed by atoms with Crippen molar-refractivity contribution in [3.05, 3.63) is 40.4 Å². The molecule has 0 aliphatic carbocycles. The first-order valence-corrected chi connectivity index (χ1v) is 8.99. The van der Waals surface area contributed by atoms with E-state index in [1.54, 1.807) is 22.7 Å². The fourth-order valence-electron chi connectivity index (χ4n) is 2.86. The Bertz CT molecular complexity index is 920. The Morgan fingerprint density at radius 3 is 2.58 bits per heavy atom. The van der Waals surface area contributed by atoms with Gasteiger partial charge >= 0.3 is 0 Å². The van der Waals surface area contributed by atoms with Crippen LogP contribution in [0.15, 0.2) is 30.3 Å². The number of ether oxygens (including phenoxy) is 2. The number of benzene rings is 1. The first-order valence-electron chi connectivity index (χ1n) is 8.23. The smallest absolute Gasteiger partial charge is 0.185 e. The summed E-state index contributed by atoms with van der Waals surface area (Å²) in [5.41, 5.74) is 1.39. The maximum absolute atomic E-state index is 6.09. The van der Waals surface area contributed by atoms with Crippen molar-refractivity contribution in [1.29, 1.82) is 0 Å². The van der Waals surface area contributed by atoms with Crippen molar-refractivity contribution in [1.82, 2.24) is 19.8 Å². The molecule has 1 N–H and O–H groups in total. The Hall–Kier alpha value is -1.93. The van der Waals surface area contributed by atoms with Gasteiger partial charge in [-0.15, -0.1) is 15.3 Å². The molecule has 9 heteroatoms. The third-order valence-electron chi connectivity index (χ3n) is 4.17. The SMILES string of the molecule is CC1(CCNc2ccc3nnc(-c4cc(Cl)cc(Cl)c4)n3n2)OCCO1. The lowest BCUT2D eigenvalue weighted by Crippen LogP contribution is -2.28. The van der Waals surface area contributed by atoms with Gasteiger partial charge in [-0.25, -0.2) is 0 Å². The van der Waals surface area contributed by atoms with Gasteiger partial charge in [-0.2, -0.15) is 4.52 Å². The number of hydrogen-bond donors (Lipinski definition) is 1. The molecule has 1 aliphatic rings. The van der Waals surface area contributed by atoms with Gasteiger partial charge in [-0.05, 0) is 37.3 Å². The molecule has 1 fully saturated rings. The van der Waals surface area contributed by atoms with Crippen molar-refractivity contribution in [3.63, 3.8) is 0 Å². The van der Waals surface area contributed by atoms with Crippen LogP contribution in [0.25, 0.3) is 17.0 Å². The highest BCUT2D eigenvalue weighted by Crippen LogP contribution is 2.26. The van der Waals surface area contributed by atoms with Gasteiger partial charge in [0.05, 0.1) is 13.2 Å². The van der Waals surface area contributed by atoms with Gasteiger partial charge in [0.2, 0.25) is 0 Å². The van der Waals surface area contributed by atoms with Crippen LogP contribution in [-0.2, 0) is 9.47 Å². The van der Waals surface area contributed by atoms with Crippen LogP contribution < -0.4 is 5.32 Å². The molecule has 0 atom stereocenters. The first-order chi connectivity index (χ1) is 12.5. The molecule has 7 nitrogen and oxygen atoms in total. The van der Waals surface area contributed by atoms with Crippen LogP contribution in [0.5, 0.6) is 0 Å². The van der Waals surface area contributed by atoms with E-state index in [0.29, 0.717) is 53.5 Å². The molecule has 0 unspecified atom stereocenters. The largest absolute Gasteiger partial charge is 0.368 e. The Morgan fingerprint density at radius 2 is 1.85 bits per heavy atom. The summed E-state index contributed by atoms with van der Waals surface area (Å²) in [6.45, 7) is 3.87. The van der Waals surface area contributed by atoms with Gasteiger partial charge in [0.15, 0.2) is 17.3 Å². The molecular formula is C17H17Cl2N5O2. The summed E-state index contributed by atoms with van der Waals surface area (Å²) >= 11 is 12.2. The lowest BCUT2D eigenvalue weighted by Gasteiger charge is -2.22. The predicted molar refractivity (Wildman–Crippen MR) is 99.7 cm³/mol. The van der Waals surface area contributed by atoms with Crippen LogP contribution in [-0.4, -0.2) is 45.4 Å². The highest BCUT2D eigenvalue weighted by atomic mass is 35.5. The second-order valence-corrected chi connectivity index (χ2v) is 7.05. The highest BCUT2D eigenvalue weighted by Gasteiger charge is 2.30. The Balaban J connectivity index is 1.56. The number of anilines is 1. The summed E-state index contributed by atoms with van der Waals surface area (Å²) < 4.78 is 12.9. The molecular weight excluding hydrogens is 377 g/mol. The third kappa shape index (κ3) is 3.61. The van der Waals surface area contributed by atoms with Crippen molar-refractivity contribution < 1.29 is 9.47 Å². The van der Waals surface area contributed by atoms with Crippen LogP contribution in [0, 0.1) is 0 Å². The summed E-state index contributed by atoms with van der Waals surface area (Å²) in [6, 6.07) is 8.94. The lowest BCUT2D eigenvalue weighted by molar-refractivity contribution is -0.144. The van der Waals surface area contributed by atoms with Gasteiger partial charge in [0.1, 0.15) is 5.82 Å². The monoisotopic (exact) mass is 393 g/mol. The van der Waals surface area contributed by atoms with Crippen molar-refractivity contribution >= 4 is 34.7 Å². The number of fused-ring (bicyclic) bond motifs is 1. The van der Waals surface area contributed by atoms with Crippen LogP contribution in [0.3, 0.4) is 0 Å². The van der Waals surface area contributed by atoms with Crippen molar-refractivity contribution in [2.45, 2.75) is 19.1 Å². The standard InChI is InChI=1S/C17H17Cl2N5O2/c1-17(25-6-7-26-17)4-5-20-14-2-3-15-21-22-16(24(15)23-14)11-8-12(18)10-13(19)9-11/h2-3,8-10H,4-7H2,1H3,(H,20,23). The number of nitrogens with zero attached hydrogens (tertiary/aromatic N) is 4. The van der Waals surface area contributed by atoms with E-state index in [1.165, 1.54) is 0 Å². The Labute approximate surface area is 160 Å². The minimum Gasteiger partial charge on any atom is -0.368 e. The van der Waals surface area contributed by atoms with E-state index < -0.39 is 5.79 Å². The zero-order valence-electron chi connectivity index (χ0n) is 14.1. The molecule has 1 aliphatic heterocycles. The van der Waals surface area contributed by atoms with Crippen LogP contribution in [0.2, 0.25) is 10.0 Å². The van der Waals surface area contributed by atoms with E-state index in [9.17, 15) is 0 Å². The number of halogens is 2. The van der Waals surface area contributed by atoms with Gasteiger partial charge in [0.25, 0.3) is 0 Å². The van der Waals surface area contributed by atoms with Crippen molar-refractivity contribution in [2.24, 2.45) is 0 Å². The summed E-state index contributed by atoms with van der Waals surface area (Å²) in [5.74, 6) is 0.742. The molecule has 1 saturated heterocycles. The predicted octanol–water partition coefficient (Wildman–Crippen LogP) is 3.66. The van der Waals surface area contributed by atoms with Crippen LogP contribution >= 0.6 is 23.2 Å². The average molecular weight is 394 g/mol. The molecule has 2 aromatic heterocycles. The molecule has 0 spiro atoms. The van der Waals surface area contributed by atoms with Gasteiger partial charge in [0, 0.05) is 28.6 Å². The van der Waals surface area contributed by atoms with Gasteiger partial charge in [-0.3, -0.25) is 0 Å². The van der Waals surface area contributed by atoms with E-state index in [4.69, 9.17) is 32.7 Å². The molecule has 0 amide bonds. The minimum atomic E-state index is -0.531. The van der Waals surface area contributed by atoms with Gasteiger partial charge in [-0.1, -0.05) is 23.2 Å². The lowest BCUT2D eigenvalue weighted by atomic mass is 10.2. The molecule has 26 heavy (non-hydrogen) atoms. The second kappa shape index (κ2) is 7.00. The molecule has 4 rings (SSSR count). The molecule has 0 radical (unpaired) electrons. The number of hydrogen-bond acceptors (Lipinski definition) is 6. The second-order valence-electron chi connectivity index (χ2n) is 6.18. The van der Waals surface area contributed by atoms with E-state index in [1.807, 2.05) is 19.1 Å². The zero-order chi connectivity index (χ0) is 18.1. The first kappa shape index (κ1) is 17.5. The summed E-state index contributed by atoms with van der Waals surface area (Å²) in [6.07, 6.45) is 0.714. The summed E-state index contributed by atoms with van der Waals surface area (Å²) in [4.78, 5) is 0. The maximum Gasteiger partial charge on any atom is 0.185 e. The van der Waals surface area contributed by atoms with E-state index in [0.717, 1.165) is 5.56 Å². The van der Waals surface area contributed by atoms with E-state index in [2.05, 4.69) is 20.6 Å². The normalized spacial score (nSPS) is 16.3. The molecule has 1 aromatic carbocycles. The molecule has 3 aromatic rings. The molecule has 0 bridgehead atoms. The molecule has 136 valence electrons. The van der Waals surface area contributed by atoms with Crippen molar-refractivity contribution in [2.75, 3.05) is 25.1 Å². The fraction of sp³-hybridized carbons (Fsp3) is 0.353. The Morgan fingerprint density at radius 1 is 1.12 bits per heavy atom. The van der Waals surface area contributed by atoms with Crippen molar-refractivity contribution in [3.8, 4) is 11.4 Å². The van der Waals surface area contributed by atoms with Gasteiger partial charge < -0.3 is 14.8 Å². The Kier molecular flexibility index (Phi) is 4.71. The van der Waals surface area contributed by atoms with E-state index >= 15 is 0 Å². The third-order valence-corrected chi connectivity index (χ3v) is 4.60. The fourth-order valence-corrected chi connectivity index (χ4v) is 3.39. The summed E-state index contributed by atoms with van der Waals surface area (Å²) in [7, 11) is 0.